The summed E-state index contributed by atoms with van der Waals surface area (Å²) in [4.78, 5) is 17.1. The lowest BCUT2D eigenvalue weighted by atomic mass is 9.97. The van der Waals surface area contributed by atoms with Crippen molar-refractivity contribution in [3.05, 3.63) is 0 Å². The molecule has 1 aliphatic heterocycles. The van der Waals surface area contributed by atoms with Gasteiger partial charge in [0, 0.05) is 32.2 Å². The average molecular weight is 269 g/mol. The molecule has 2 fully saturated rings. The third-order valence-electron chi connectivity index (χ3n) is 4.69. The molecular weight excluding hydrogens is 242 g/mol. The van der Waals surface area contributed by atoms with E-state index in [1.54, 1.807) is 0 Å². The second-order valence-corrected chi connectivity index (χ2v) is 5.79. The van der Waals surface area contributed by atoms with Gasteiger partial charge in [-0.3, -0.25) is 9.69 Å². The van der Waals surface area contributed by atoms with E-state index in [9.17, 15) is 4.79 Å². The summed E-state index contributed by atoms with van der Waals surface area (Å²) in [5.41, 5.74) is -0.454. The van der Waals surface area contributed by atoms with Gasteiger partial charge in [-0.15, -0.1) is 0 Å². The van der Waals surface area contributed by atoms with E-state index in [-0.39, 0.29) is 5.97 Å². The summed E-state index contributed by atoms with van der Waals surface area (Å²) < 4.78 is 5.24. The molecule has 0 aromatic rings. The molecule has 0 radical (unpaired) electrons. The Labute approximate surface area is 116 Å². The van der Waals surface area contributed by atoms with Crippen molar-refractivity contribution >= 4 is 5.97 Å². The maximum absolute atomic E-state index is 12.2. The fourth-order valence-electron chi connectivity index (χ4n) is 3.30. The highest BCUT2D eigenvalue weighted by Gasteiger charge is 2.47. The standard InChI is InChI=1S/C14H27N3O2/c1-4-19-13(18)14(15-2)6-5-12(11-14)17-9-7-16(3)8-10-17/h12,15H,4-11H2,1-3H3. The van der Waals surface area contributed by atoms with E-state index in [0.29, 0.717) is 12.6 Å². The second-order valence-electron chi connectivity index (χ2n) is 5.79. The number of likely N-dealkylation sites (N-methyl/N-ethyl adjacent to an activating group) is 2. The van der Waals surface area contributed by atoms with E-state index in [1.807, 2.05) is 14.0 Å². The molecule has 0 aromatic carbocycles. The molecule has 110 valence electrons. The maximum atomic E-state index is 12.2. The van der Waals surface area contributed by atoms with Crippen LogP contribution in [0.2, 0.25) is 0 Å². The van der Waals surface area contributed by atoms with Gasteiger partial charge in [0.2, 0.25) is 0 Å². The number of carbonyl (C=O) groups excluding carboxylic acids is 1. The monoisotopic (exact) mass is 269 g/mol. The summed E-state index contributed by atoms with van der Waals surface area (Å²) in [5.74, 6) is -0.0749. The first-order valence-electron chi connectivity index (χ1n) is 7.40. The van der Waals surface area contributed by atoms with Crippen LogP contribution in [-0.2, 0) is 9.53 Å². The molecule has 1 N–H and O–H groups in total. The summed E-state index contributed by atoms with van der Waals surface area (Å²) in [5, 5.41) is 3.23. The van der Waals surface area contributed by atoms with E-state index in [4.69, 9.17) is 4.74 Å². The van der Waals surface area contributed by atoms with Gasteiger partial charge in [0.15, 0.2) is 0 Å². The average Bonchev–Trinajstić information content (AvgIpc) is 2.86. The van der Waals surface area contributed by atoms with Gasteiger partial charge in [-0.05, 0) is 40.3 Å². The Balaban J connectivity index is 1.95. The van der Waals surface area contributed by atoms with Gasteiger partial charge in [0.25, 0.3) is 0 Å². The van der Waals surface area contributed by atoms with Crippen molar-refractivity contribution in [1.82, 2.24) is 15.1 Å². The zero-order valence-corrected chi connectivity index (χ0v) is 12.4. The molecule has 0 spiro atoms. The zero-order valence-electron chi connectivity index (χ0n) is 12.4. The summed E-state index contributed by atoms with van der Waals surface area (Å²) in [7, 11) is 4.05. The largest absolute Gasteiger partial charge is 0.465 e. The molecular formula is C14H27N3O2. The fourth-order valence-corrected chi connectivity index (χ4v) is 3.30. The predicted octanol–water partition coefficient (Wildman–Crippen LogP) is 0.308. The number of hydrogen-bond donors (Lipinski definition) is 1. The normalized spacial score (nSPS) is 33.5. The van der Waals surface area contributed by atoms with Crippen molar-refractivity contribution in [2.45, 2.75) is 37.8 Å². The SMILES string of the molecule is CCOC(=O)C1(NC)CCC(N2CCN(C)CC2)C1. The van der Waals surface area contributed by atoms with Crippen molar-refractivity contribution in [2.24, 2.45) is 0 Å². The molecule has 1 aliphatic carbocycles. The zero-order chi connectivity index (χ0) is 13.9. The van der Waals surface area contributed by atoms with E-state index in [2.05, 4.69) is 22.2 Å². The van der Waals surface area contributed by atoms with Crippen molar-refractivity contribution in [3.8, 4) is 0 Å². The van der Waals surface area contributed by atoms with Crippen LogP contribution in [0.1, 0.15) is 26.2 Å². The number of rotatable bonds is 4. The molecule has 0 amide bonds. The van der Waals surface area contributed by atoms with E-state index < -0.39 is 5.54 Å². The van der Waals surface area contributed by atoms with Crippen molar-refractivity contribution in [2.75, 3.05) is 46.9 Å². The first-order chi connectivity index (χ1) is 9.11. The highest BCUT2D eigenvalue weighted by atomic mass is 16.5. The van der Waals surface area contributed by atoms with Gasteiger partial charge in [-0.2, -0.15) is 0 Å². The Morgan fingerprint density at radius 2 is 2.05 bits per heavy atom. The molecule has 0 aromatic heterocycles. The van der Waals surface area contributed by atoms with Crippen LogP contribution in [0, 0.1) is 0 Å². The second kappa shape index (κ2) is 6.20. The molecule has 5 nitrogen and oxygen atoms in total. The molecule has 2 unspecified atom stereocenters. The van der Waals surface area contributed by atoms with Gasteiger partial charge >= 0.3 is 5.97 Å². The van der Waals surface area contributed by atoms with Crippen molar-refractivity contribution < 1.29 is 9.53 Å². The van der Waals surface area contributed by atoms with Gasteiger partial charge in [-0.1, -0.05) is 0 Å². The third-order valence-corrected chi connectivity index (χ3v) is 4.69. The molecule has 2 atom stereocenters. The Kier molecular flexibility index (Phi) is 4.81. The fraction of sp³-hybridized carbons (Fsp3) is 0.929. The van der Waals surface area contributed by atoms with Crippen LogP contribution in [0.3, 0.4) is 0 Å². The summed E-state index contributed by atoms with van der Waals surface area (Å²) >= 11 is 0. The Bertz CT molecular complexity index is 316. The van der Waals surface area contributed by atoms with Gasteiger partial charge in [-0.25, -0.2) is 0 Å². The minimum Gasteiger partial charge on any atom is -0.465 e. The van der Waals surface area contributed by atoms with Crippen LogP contribution in [-0.4, -0.2) is 74.2 Å². The minimum atomic E-state index is -0.454. The van der Waals surface area contributed by atoms with Crippen molar-refractivity contribution in [3.63, 3.8) is 0 Å². The first-order valence-corrected chi connectivity index (χ1v) is 7.40. The van der Waals surface area contributed by atoms with Crippen LogP contribution in [0.5, 0.6) is 0 Å². The topological polar surface area (TPSA) is 44.8 Å². The smallest absolute Gasteiger partial charge is 0.326 e. The number of nitrogens with zero attached hydrogens (tertiary/aromatic N) is 2. The summed E-state index contributed by atoms with van der Waals surface area (Å²) in [6, 6.07) is 0.519. The number of piperazine rings is 1. The predicted molar refractivity (Wildman–Crippen MR) is 75.1 cm³/mol. The first kappa shape index (κ1) is 14.8. The lowest BCUT2D eigenvalue weighted by Crippen LogP contribution is -2.52. The highest BCUT2D eigenvalue weighted by Crippen LogP contribution is 2.34. The number of carbonyl (C=O) groups is 1. The summed E-state index contributed by atoms with van der Waals surface area (Å²) in [6.07, 6.45) is 2.86. The quantitative estimate of drug-likeness (QED) is 0.744. The Hall–Kier alpha value is -0.650. The van der Waals surface area contributed by atoms with Crippen LogP contribution < -0.4 is 5.32 Å². The molecule has 2 rings (SSSR count). The van der Waals surface area contributed by atoms with E-state index in [0.717, 1.165) is 45.4 Å². The summed E-state index contributed by atoms with van der Waals surface area (Å²) in [6.45, 7) is 6.81. The lowest BCUT2D eigenvalue weighted by molar-refractivity contribution is -0.151. The molecule has 19 heavy (non-hydrogen) atoms. The maximum Gasteiger partial charge on any atom is 0.326 e. The Morgan fingerprint density at radius 3 is 2.63 bits per heavy atom. The Morgan fingerprint density at radius 1 is 1.37 bits per heavy atom. The van der Waals surface area contributed by atoms with Gasteiger partial charge in [0.05, 0.1) is 6.61 Å². The van der Waals surface area contributed by atoms with E-state index >= 15 is 0 Å². The van der Waals surface area contributed by atoms with E-state index in [1.165, 1.54) is 0 Å². The lowest BCUT2D eigenvalue weighted by Gasteiger charge is -2.37. The minimum absolute atomic E-state index is 0.0749. The number of nitrogens with one attached hydrogen (secondary N) is 1. The molecule has 1 heterocycles. The van der Waals surface area contributed by atoms with Crippen LogP contribution in [0.25, 0.3) is 0 Å². The third kappa shape index (κ3) is 3.09. The van der Waals surface area contributed by atoms with Gasteiger partial charge in [0.1, 0.15) is 5.54 Å². The molecule has 1 saturated heterocycles. The molecule has 0 bridgehead atoms. The molecule has 5 heteroatoms. The number of esters is 1. The van der Waals surface area contributed by atoms with Gasteiger partial charge < -0.3 is 15.0 Å². The molecule has 1 saturated carbocycles. The number of hydrogen-bond acceptors (Lipinski definition) is 5. The van der Waals surface area contributed by atoms with Crippen LogP contribution in [0.15, 0.2) is 0 Å². The molecule has 2 aliphatic rings. The van der Waals surface area contributed by atoms with Crippen molar-refractivity contribution in [1.29, 1.82) is 0 Å². The van der Waals surface area contributed by atoms with Crippen LogP contribution >= 0.6 is 0 Å². The highest BCUT2D eigenvalue weighted by molar-refractivity contribution is 5.81. The van der Waals surface area contributed by atoms with Crippen LogP contribution in [0.4, 0.5) is 0 Å². The number of ether oxygens (including phenoxy) is 1.